The fraction of sp³-hybridized carbons (Fsp3) is 0.467. The van der Waals surface area contributed by atoms with Gasteiger partial charge in [-0.3, -0.25) is 5.10 Å². The lowest BCUT2D eigenvalue weighted by Gasteiger charge is -2.14. The molecule has 2 aliphatic rings. The first-order chi connectivity index (χ1) is 9.42. The Morgan fingerprint density at radius 2 is 2.00 bits per heavy atom. The van der Waals surface area contributed by atoms with E-state index in [1.54, 1.807) is 0 Å². The molecule has 3 unspecified atom stereocenters. The van der Waals surface area contributed by atoms with E-state index in [2.05, 4.69) is 15.5 Å². The zero-order valence-corrected chi connectivity index (χ0v) is 10.8. The lowest BCUT2D eigenvalue weighted by molar-refractivity contribution is 0.408. The second kappa shape index (κ2) is 4.46. The molecule has 1 aromatic heterocycles. The van der Waals surface area contributed by atoms with E-state index in [-0.39, 0.29) is 0 Å². The molecule has 2 N–H and O–H groups in total. The number of hydrogen-bond acceptors (Lipinski definition) is 3. The van der Waals surface area contributed by atoms with Gasteiger partial charge >= 0.3 is 0 Å². The number of H-pyrrole nitrogens is 1. The molecule has 4 rings (SSSR count). The molecule has 1 aliphatic heterocycles. The minimum absolute atomic E-state index is 0.373. The van der Waals surface area contributed by atoms with Gasteiger partial charge in [0, 0.05) is 5.56 Å². The van der Waals surface area contributed by atoms with Gasteiger partial charge in [0.1, 0.15) is 5.82 Å². The zero-order valence-electron chi connectivity index (χ0n) is 10.8. The normalized spacial score (nSPS) is 29.6. The van der Waals surface area contributed by atoms with Crippen LogP contribution in [0.15, 0.2) is 30.3 Å². The molecule has 0 amide bonds. The first-order valence-electron chi connectivity index (χ1n) is 7.13. The maximum absolute atomic E-state index is 4.69. The van der Waals surface area contributed by atoms with E-state index in [9.17, 15) is 0 Å². The summed E-state index contributed by atoms with van der Waals surface area (Å²) < 4.78 is 0. The van der Waals surface area contributed by atoms with E-state index >= 15 is 0 Å². The first kappa shape index (κ1) is 11.2. The molecule has 0 radical (unpaired) electrons. The second-order valence-corrected chi connectivity index (χ2v) is 5.65. The molecule has 1 saturated heterocycles. The summed E-state index contributed by atoms with van der Waals surface area (Å²) in [5.41, 5.74) is 1.07. The molecule has 3 atom stereocenters. The monoisotopic (exact) mass is 254 g/mol. The molecule has 19 heavy (non-hydrogen) atoms. The van der Waals surface area contributed by atoms with E-state index in [1.807, 2.05) is 30.3 Å². The highest BCUT2D eigenvalue weighted by Crippen LogP contribution is 2.43. The SMILES string of the molecule is c1ccc(-c2n[nH]c(C3NCC4CCCC43)n2)cc1. The molecule has 2 aromatic rings. The van der Waals surface area contributed by atoms with E-state index in [4.69, 9.17) is 4.98 Å². The molecule has 1 saturated carbocycles. The second-order valence-electron chi connectivity index (χ2n) is 5.65. The van der Waals surface area contributed by atoms with Crippen LogP contribution in [0.1, 0.15) is 31.1 Å². The fourth-order valence-electron chi connectivity index (χ4n) is 3.62. The highest BCUT2D eigenvalue weighted by molar-refractivity contribution is 5.53. The van der Waals surface area contributed by atoms with Crippen molar-refractivity contribution in [3.63, 3.8) is 0 Å². The largest absolute Gasteiger partial charge is 0.307 e. The molecular formula is C15H18N4. The quantitative estimate of drug-likeness (QED) is 0.866. The number of nitrogens with zero attached hydrogens (tertiary/aromatic N) is 2. The van der Waals surface area contributed by atoms with Crippen LogP contribution in [-0.4, -0.2) is 21.7 Å². The number of aromatic amines is 1. The summed E-state index contributed by atoms with van der Waals surface area (Å²) in [6, 6.07) is 10.5. The average Bonchev–Trinajstić information content (AvgIpc) is 3.15. The molecule has 98 valence electrons. The van der Waals surface area contributed by atoms with Gasteiger partial charge in [-0.05, 0) is 31.2 Å². The third kappa shape index (κ3) is 1.87. The van der Waals surface area contributed by atoms with Gasteiger partial charge in [0.2, 0.25) is 0 Å². The van der Waals surface area contributed by atoms with Crippen LogP contribution in [0.2, 0.25) is 0 Å². The van der Waals surface area contributed by atoms with Crippen LogP contribution in [0.4, 0.5) is 0 Å². The highest BCUT2D eigenvalue weighted by atomic mass is 15.2. The van der Waals surface area contributed by atoms with Crippen molar-refractivity contribution >= 4 is 0 Å². The summed E-state index contributed by atoms with van der Waals surface area (Å²) in [7, 11) is 0. The van der Waals surface area contributed by atoms with E-state index in [1.165, 1.54) is 19.3 Å². The Bertz CT molecular complexity index is 563. The Morgan fingerprint density at radius 1 is 1.11 bits per heavy atom. The maximum atomic E-state index is 4.69. The number of aromatic nitrogens is 3. The van der Waals surface area contributed by atoms with Gasteiger partial charge in [-0.25, -0.2) is 4.98 Å². The number of benzene rings is 1. The number of fused-ring (bicyclic) bond motifs is 1. The van der Waals surface area contributed by atoms with Gasteiger partial charge in [0.15, 0.2) is 5.82 Å². The number of nitrogens with one attached hydrogen (secondary N) is 2. The molecule has 4 heteroatoms. The van der Waals surface area contributed by atoms with Gasteiger partial charge in [-0.2, -0.15) is 5.10 Å². The van der Waals surface area contributed by atoms with E-state index in [0.717, 1.165) is 35.6 Å². The smallest absolute Gasteiger partial charge is 0.181 e. The van der Waals surface area contributed by atoms with Crippen LogP contribution >= 0.6 is 0 Å². The van der Waals surface area contributed by atoms with Crippen molar-refractivity contribution in [3.05, 3.63) is 36.2 Å². The molecule has 1 aliphatic carbocycles. The summed E-state index contributed by atoms with van der Waals surface area (Å²) in [6.07, 6.45) is 4.06. The van der Waals surface area contributed by atoms with Gasteiger partial charge in [0.25, 0.3) is 0 Å². The van der Waals surface area contributed by atoms with Gasteiger partial charge < -0.3 is 5.32 Å². The maximum Gasteiger partial charge on any atom is 0.181 e. The van der Waals surface area contributed by atoms with Crippen molar-refractivity contribution in [3.8, 4) is 11.4 Å². The fourth-order valence-corrected chi connectivity index (χ4v) is 3.62. The first-order valence-corrected chi connectivity index (χ1v) is 7.13. The molecule has 2 fully saturated rings. The standard InChI is InChI=1S/C15H18N4/c1-2-5-10(6-3-1)14-17-15(19-18-14)13-12-8-4-7-11(12)9-16-13/h1-3,5-6,11-13,16H,4,7-9H2,(H,17,18,19). The van der Waals surface area contributed by atoms with Crippen molar-refractivity contribution in [1.82, 2.24) is 20.5 Å². The third-order valence-corrected chi connectivity index (χ3v) is 4.58. The van der Waals surface area contributed by atoms with Gasteiger partial charge in [0.05, 0.1) is 6.04 Å². The summed E-state index contributed by atoms with van der Waals surface area (Å²) in [4.78, 5) is 4.69. The Morgan fingerprint density at radius 3 is 2.89 bits per heavy atom. The van der Waals surface area contributed by atoms with Crippen LogP contribution < -0.4 is 5.32 Å². The number of hydrogen-bond donors (Lipinski definition) is 2. The summed E-state index contributed by atoms with van der Waals surface area (Å²) in [5.74, 6) is 3.40. The van der Waals surface area contributed by atoms with E-state index in [0.29, 0.717) is 6.04 Å². The predicted molar refractivity (Wildman–Crippen MR) is 73.4 cm³/mol. The third-order valence-electron chi connectivity index (χ3n) is 4.58. The highest BCUT2D eigenvalue weighted by Gasteiger charge is 2.41. The van der Waals surface area contributed by atoms with Gasteiger partial charge in [-0.1, -0.05) is 36.8 Å². The van der Waals surface area contributed by atoms with Crippen molar-refractivity contribution in [1.29, 1.82) is 0 Å². The summed E-state index contributed by atoms with van der Waals surface area (Å²) >= 11 is 0. The summed E-state index contributed by atoms with van der Waals surface area (Å²) in [6.45, 7) is 1.14. The van der Waals surface area contributed by atoms with Crippen LogP contribution in [0.5, 0.6) is 0 Å². The molecule has 0 bridgehead atoms. The Kier molecular flexibility index (Phi) is 2.62. The van der Waals surface area contributed by atoms with Gasteiger partial charge in [-0.15, -0.1) is 0 Å². The van der Waals surface area contributed by atoms with E-state index < -0.39 is 0 Å². The molecule has 4 nitrogen and oxygen atoms in total. The van der Waals surface area contributed by atoms with Crippen LogP contribution in [0, 0.1) is 11.8 Å². The topological polar surface area (TPSA) is 53.6 Å². The van der Waals surface area contributed by atoms with Crippen LogP contribution in [0.3, 0.4) is 0 Å². The Hall–Kier alpha value is -1.68. The van der Waals surface area contributed by atoms with Crippen LogP contribution in [0.25, 0.3) is 11.4 Å². The molecule has 0 spiro atoms. The molecule has 2 heterocycles. The minimum atomic E-state index is 0.373. The summed E-state index contributed by atoms with van der Waals surface area (Å²) in [5, 5.41) is 11.1. The van der Waals surface area contributed by atoms with Crippen LogP contribution in [-0.2, 0) is 0 Å². The molecular weight excluding hydrogens is 236 g/mol. The van der Waals surface area contributed by atoms with Crippen molar-refractivity contribution < 1.29 is 0 Å². The lowest BCUT2D eigenvalue weighted by atomic mass is 9.94. The van der Waals surface area contributed by atoms with Crippen molar-refractivity contribution in [2.24, 2.45) is 11.8 Å². The predicted octanol–water partition coefficient (Wildman–Crippen LogP) is 2.53. The Labute approximate surface area is 112 Å². The van der Waals surface area contributed by atoms with Crippen molar-refractivity contribution in [2.75, 3.05) is 6.54 Å². The average molecular weight is 254 g/mol. The number of rotatable bonds is 2. The zero-order chi connectivity index (χ0) is 12.7. The van der Waals surface area contributed by atoms with Crippen molar-refractivity contribution in [2.45, 2.75) is 25.3 Å². The Balaban J connectivity index is 1.62. The molecule has 1 aromatic carbocycles. The minimum Gasteiger partial charge on any atom is -0.307 e. The lowest BCUT2D eigenvalue weighted by Crippen LogP contribution is -2.19.